The van der Waals surface area contributed by atoms with Gasteiger partial charge in [-0.3, -0.25) is 4.79 Å². The molecule has 0 bridgehead atoms. The van der Waals surface area contributed by atoms with Crippen LogP contribution in [0.25, 0.3) is 0 Å². The number of hydrogen-bond acceptors (Lipinski definition) is 7. The highest BCUT2D eigenvalue weighted by Gasteiger charge is 2.28. The predicted molar refractivity (Wildman–Crippen MR) is 137 cm³/mol. The number of carboxylic acid groups (broad SMARTS) is 1. The molecule has 0 spiro atoms. The third-order valence-electron chi connectivity index (χ3n) is 5.12. The first-order valence-corrected chi connectivity index (χ1v) is 12.9. The lowest BCUT2D eigenvalue weighted by atomic mass is 10.1. The Labute approximate surface area is 215 Å². The summed E-state index contributed by atoms with van der Waals surface area (Å²) in [5.74, 6) is -1.05. The zero-order valence-electron chi connectivity index (χ0n) is 21.4. The Morgan fingerprint density at radius 3 is 2.30 bits per heavy atom. The van der Waals surface area contributed by atoms with Crippen LogP contribution in [0, 0.1) is 6.92 Å². The van der Waals surface area contributed by atoms with Crippen molar-refractivity contribution in [2.24, 2.45) is 0 Å². The Hall–Kier alpha value is -3.90. The van der Waals surface area contributed by atoms with Gasteiger partial charge >= 0.3 is 5.97 Å². The van der Waals surface area contributed by atoms with Crippen LogP contribution in [-0.4, -0.2) is 47.8 Å². The molecule has 12 heteroatoms. The third kappa shape index (κ3) is 6.46. The average molecular weight is 531 g/mol. The van der Waals surface area contributed by atoms with Crippen LogP contribution in [-0.2, 0) is 16.6 Å². The van der Waals surface area contributed by atoms with Gasteiger partial charge in [0.15, 0.2) is 5.69 Å². The number of ether oxygens (including phenoxy) is 2. The fourth-order valence-electron chi connectivity index (χ4n) is 3.47. The van der Waals surface area contributed by atoms with Crippen LogP contribution in [0.4, 0.5) is 5.69 Å². The van der Waals surface area contributed by atoms with Crippen LogP contribution in [0.15, 0.2) is 47.4 Å². The van der Waals surface area contributed by atoms with E-state index in [1.165, 1.54) is 36.9 Å². The summed E-state index contributed by atoms with van der Waals surface area (Å²) in [6, 6.07) is 10.6. The van der Waals surface area contributed by atoms with E-state index in [2.05, 4.69) is 15.1 Å². The first-order chi connectivity index (χ1) is 17.3. The van der Waals surface area contributed by atoms with E-state index in [4.69, 9.17) is 9.47 Å². The fourth-order valence-corrected chi connectivity index (χ4v) is 5.04. The van der Waals surface area contributed by atoms with Crippen molar-refractivity contribution in [3.63, 3.8) is 0 Å². The Morgan fingerprint density at radius 2 is 1.76 bits per heavy atom. The number of rotatable bonds is 9. The number of benzene rings is 2. The van der Waals surface area contributed by atoms with Crippen molar-refractivity contribution in [3.8, 4) is 17.4 Å². The lowest BCUT2D eigenvalue weighted by Gasteiger charge is -2.22. The molecule has 0 aliphatic carbocycles. The quantitative estimate of drug-likeness (QED) is 0.375. The molecule has 3 N–H and O–H groups in total. The first kappa shape index (κ1) is 27.7. The van der Waals surface area contributed by atoms with Crippen molar-refractivity contribution >= 4 is 27.6 Å². The minimum absolute atomic E-state index is 0.0613. The van der Waals surface area contributed by atoms with E-state index in [-0.39, 0.29) is 33.5 Å². The van der Waals surface area contributed by atoms with E-state index >= 15 is 0 Å². The molecule has 0 atom stereocenters. The number of carboxylic acids is 1. The van der Waals surface area contributed by atoms with Gasteiger partial charge in [0.05, 0.1) is 7.11 Å². The number of amides is 1. The van der Waals surface area contributed by atoms with Gasteiger partial charge in [-0.15, -0.1) is 0 Å². The average Bonchev–Trinajstić information content (AvgIpc) is 3.14. The molecular formula is C25H30N4O7S. The maximum atomic E-state index is 13.4. The van der Waals surface area contributed by atoms with Gasteiger partial charge in [0.2, 0.25) is 15.9 Å². The van der Waals surface area contributed by atoms with E-state index in [0.717, 1.165) is 0 Å². The monoisotopic (exact) mass is 530 g/mol. The second-order valence-electron chi connectivity index (χ2n) is 9.20. The molecule has 37 heavy (non-hydrogen) atoms. The summed E-state index contributed by atoms with van der Waals surface area (Å²) in [4.78, 5) is 24.1. The van der Waals surface area contributed by atoms with Gasteiger partial charge in [-0.05, 0) is 77.1 Å². The number of aromatic carboxylic acids is 1. The summed E-state index contributed by atoms with van der Waals surface area (Å²) in [5.41, 5.74) is -0.192. The van der Waals surface area contributed by atoms with Crippen LogP contribution < -0.4 is 19.5 Å². The second-order valence-corrected chi connectivity index (χ2v) is 10.9. The molecule has 198 valence electrons. The molecule has 3 rings (SSSR count). The van der Waals surface area contributed by atoms with Crippen molar-refractivity contribution < 1.29 is 32.6 Å². The second kappa shape index (κ2) is 10.6. The fraction of sp³-hybridized carbons (Fsp3) is 0.320. The number of anilines is 1. The van der Waals surface area contributed by atoms with Gasteiger partial charge in [0.1, 0.15) is 16.4 Å². The Bertz CT molecular complexity index is 1420. The largest absolute Gasteiger partial charge is 0.497 e. The number of aromatic nitrogens is 2. The van der Waals surface area contributed by atoms with E-state index in [1.54, 1.807) is 52.0 Å². The summed E-state index contributed by atoms with van der Waals surface area (Å²) < 4.78 is 41.7. The number of nitrogens with zero attached hydrogens (tertiary/aromatic N) is 2. The molecule has 1 heterocycles. The predicted octanol–water partition coefficient (Wildman–Crippen LogP) is 4.04. The van der Waals surface area contributed by atoms with Gasteiger partial charge in [0, 0.05) is 28.9 Å². The highest BCUT2D eigenvalue weighted by molar-refractivity contribution is 7.89. The smallest absolute Gasteiger partial charge is 0.356 e. The zero-order valence-corrected chi connectivity index (χ0v) is 22.3. The molecule has 0 aliphatic rings. The van der Waals surface area contributed by atoms with E-state index in [1.807, 2.05) is 0 Å². The van der Waals surface area contributed by atoms with Crippen molar-refractivity contribution in [2.45, 2.75) is 51.6 Å². The minimum atomic E-state index is -4.13. The lowest BCUT2D eigenvalue weighted by molar-refractivity contribution is 0.0688. The number of hydrogen-bond donors (Lipinski definition) is 3. The van der Waals surface area contributed by atoms with Crippen molar-refractivity contribution in [1.29, 1.82) is 0 Å². The van der Waals surface area contributed by atoms with Gasteiger partial charge in [-0.1, -0.05) is 0 Å². The molecule has 2 aromatic carbocycles. The summed E-state index contributed by atoms with van der Waals surface area (Å²) in [7, 11) is -2.61. The van der Waals surface area contributed by atoms with E-state index in [0.29, 0.717) is 17.9 Å². The normalized spacial score (nSPS) is 11.7. The first-order valence-electron chi connectivity index (χ1n) is 11.4. The molecule has 0 radical (unpaired) electrons. The van der Waals surface area contributed by atoms with Gasteiger partial charge in [-0.2, -0.15) is 5.10 Å². The lowest BCUT2D eigenvalue weighted by Crippen LogP contribution is -2.40. The molecule has 1 aromatic heterocycles. The van der Waals surface area contributed by atoms with Gasteiger partial charge in [0.25, 0.3) is 5.91 Å². The number of nitrogens with one attached hydrogen (secondary N) is 2. The van der Waals surface area contributed by atoms with E-state index in [9.17, 15) is 23.1 Å². The van der Waals surface area contributed by atoms with Crippen LogP contribution in [0.2, 0.25) is 0 Å². The molecule has 0 saturated heterocycles. The topological polar surface area (TPSA) is 149 Å². The van der Waals surface area contributed by atoms with Crippen LogP contribution >= 0.6 is 0 Å². The number of carbonyl (C=O) groups is 2. The van der Waals surface area contributed by atoms with Crippen LogP contribution in [0.5, 0.6) is 17.4 Å². The van der Waals surface area contributed by atoms with Gasteiger partial charge in [-0.25, -0.2) is 22.6 Å². The molecule has 0 saturated carbocycles. The molecule has 3 aromatic rings. The van der Waals surface area contributed by atoms with Gasteiger partial charge < -0.3 is 19.9 Å². The number of methoxy groups -OCH3 is 1. The molecule has 0 aliphatic heterocycles. The Kier molecular flexibility index (Phi) is 7.94. The van der Waals surface area contributed by atoms with Crippen molar-refractivity contribution in [1.82, 2.24) is 14.5 Å². The van der Waals surface area contributed by atoms with Crippen LogP contribution in [0.1, 0.15) is 54.1 Å². The maximum absolute atomic E-state index is 13.4. The SMILES string of the molecule is CCn1nc(C(=O)O)c(C)c1Oc1ccc(NC(=O)c2ccc(OC)cc2)cc1S(=O)(=O)NC(C)(C)C. The molecule has 11 nitrogen and oxygen atoms in total. The number of aryl methyl sites for hydroxylation is 1. The van der Waals surface area contributed by atoms with Crippen LogP contribution in [0.3, 0.4) is 0 Å². The zero-order chi connectivity index (χ0) is 27.5. The Morgan fingerprint density at radius 1 is 1.11 bits per heavy atom. The highest BCUT2D eigenvalue weighted by atomic mass is 32.2. The maximum Gasteiger partial charge on any atom is 0.356 e. The summed E-state index contributed by atoms with van der Waals surface area (Å²) in [5, 5.41) is 16.2. The Balaban J connectivity index is 2.05. The molecule has 0 unspecified atom stereocenters. The van der Waals surface area contributed by atoms with Crippen molar-refractivity contribution in [2.75, 3.05) is 12.4 Å². The summed E-state index contributed by atoms with van der Waals surface area (Å²) >= 11 is 0. The summed E-state index contributed by atoms with van der Waals surface area (Å²) in [6.45, 7) is 8.65. The highest BCUT2D eigenvalue weighted by Crippen LogP contribution is 2.34. The summed E-state index contributed by atoms with van der Waals surface area (Å²) in [6.07, 6.45) is 0. The number of sulfonamides is 1. The number of carbonyl (C=O) groups excluding carboxylic acids is 1. The van der Waals surface area contributed by atoms with Crippen molar-refractivity contribution in [3.05, 3.63) is 59.3 Å². The standard InChI is InChI=1S/C25H30N4O7S/c1-7-29-23(15(2)21(27-29)24(31)32)36-19-13-10-17(14-20(19)37(33,34)28-25(3,4)5)26-22(30)16-8-11-18(35-6)12-9-16/h8-14,28H,7H2,1-6H3,(H,26,30)(H,31,32). The minimum Gasteiger partial charge on any atom is -0.497 e. The molecule has 1 amide bonds. The molecular weight excluding hydrogens is 500 g/mol. The van der Waals surface area contributed by atoms with E-state index < -0.39 is 27.4 Å². The molecule has 0 fully saturated rings. The third-order valence-corrected chi connectivity index (χ3v) is 6.90.